The molecule has 0 N–H and O–H groups in total. The number of amides is 1. The van der Waals surface area contributed by atoms with Crippen LogP contribution in [0.5, 0.6) is 5.75 Å². The maximum atomic E-state index is 12.3. The van der Waals surface area contributed by atoms with Crippen LogP contribution in [-0.2, 0) is 4.79 Å². The van der Waals surface area contributed by atoms with E-state index in [1.165, 1.54) is 6.07 Å². The first-order valence-electron chi connectivity index (χ1n) is 7.96. The molecule has 1 aromatic carbocycles. The maximum Gasteiger partial charge on any atom is 0.336 e. The summed E-state index contributed by atoms with van der Waals surface area (Å²) < 4.78 is 10.7. The van der Waals surface area contributed by atoms with E-state index >= 15 is 0 Å². The first kappa shape index (κ1) is 15.6. The monoisotopic (exact) mass is 315 g/mol. The van der Waals surface area contributed by atoms with Gasteiger partial charge in [0.05, 0.1) is 0 Å². The minimum Gasteiger partial charge on any atom is -0.484 e. The number of benzene rings is 1. The number of hydrogen-bond acceptors (Lipinski definition) is 4. The van der Waals surface area contributed by atoms with E-state index in [-0.39, 0.29) is 12.5 Å². The first-order valence-corrected chi connectivity index (χ1v) is 7.96. The Hall–Kier alpha value is -2.30. The number of piperidine rings is 1. The molecular formula is C18H21NO4. The summed E-state index contributed by atoms with van der Waals surface area (Å²) in [6.45, 7) is 5.92. The summed E-state index contributed by atoms with van der Waals surface area (Å²) in [4.78, 5) is 25.4. The number of ether oxygens (including phenoxy) is 1. The molecule has 2 aromatic rings. The molecule has 3 rings (SSSR count). The first-order chi connectivity index (χ1) is 11.0. The minimum atomic E-state index is -0.401. The largest absolute Gasteiger partial charge is 0.484 e. The van der Waals surface area contributed by atoms with Crippen molar-refractivity contribution in [2.75, 3.05) is 19.7 Å². The van der Waals surface area contributed by atoms with E-state index in [0.29, 0.717) is 23.2 Å². The number of rotatable bonds is 3. The van der Waals surface area contributed by atoms with Crippen molar-refractivity contribution in [2.45, 2.75) is 20.3 Å². The van der Waals surface area contributed by atoms with Gasteiger partial charge in [0.25, 0.3) is 5.91 Å². The molecule has 0 radical (unpaired) electrons. The Morgan fingerprint density at radius 2 is 1.91 bits per heavy atom. The number of hydrogen-bond donors (Lipinski definition) is 0. The lowest BCUT2D eigenvalue weighted by Crippen LogP contribution is -2.44. The van der Waals surface area contributed by atoms with Gasteiger partial charge in [-0.15, -0.1) is 0 Å². The van der Waals surface area contributed by atoms with Crippen molar-refractivity contribution in [3.05, 3.63) is 40.8 Å². The molecule has 1 aliphatic rings. The molecule has 0 saturated carbocycles. The molecule has 1 saturated heterocycles. The summed E-state index contributed by atoms with van der Waals surface area (Å²) >= 11 is 0. The van der Waals surface area contributed by atoms with Crippen LogP contribution in [0, 0.1) is 11.8 Å². The number of carbonyl (C=O) groups is 1. The highest BCUT2D eigenvalue weighted by Gasteiger charge is 2.25. The maximum absolute atomic E-state index is 12.3. The third-order valence-corrected chi connectivity index (χ3v) is 4.18. The fourth-order valence-electron chi connectivity index (χ4n) is 3.23. The second-order valence-electron chi connectivity index (χ2n) is 6.49. The van der Waals surface area contributed by atoms with Crippen LogP contribution < -0.4 is 10.4 Å². The average molecular weight is 315 g/mol. The van der Waals surface area contributed by atoms with Gasteiger partial charge in [-0.05, 0) is 36.5 Å². The average Bonchev–Trinajstić information content (AvgIpc) is 2.51. The van der Waals surface area contributed by atoms with Gasteiger partial charge in [-0.25, -0.2) is 4.79 Å². The lowest BCUT2D eigenvalue weighted by molar-refractivity contribution is -0.136. The number of nitrogens with zero attached hydrogens (tertiary/aromatic N) is 1. The van der Waals surface area contributed by atoms with E-state index in [4.69, 9.17) is 9.15 Å². The van der Waals surface area contributed by atoms with Crippen molar-refractivity contribution < 1.29 is 13.9 Å². The van der Waals surface area contributed by atoms with Crippen LogP contribution in [0.2, 0.25) is 0 Å². The van der Waals surface area contributed by atoms with Crippen molar-refractivity contribution in [1.82, 2.24) is 4.90 Å². The van der Waals surface area contributed by atoms with Crippen LogP contribution in [0.4, 0.5) is 0 Å². The summed E-state index contributed by atoms with van der Waals surface area (Å²) in [5, 5.41) is 0.821. The summed E-state index contributed by atoms with van der Waals surface area (Å²) in [5.41, 5.74) is 0.0599. The Balaban J connectivity index is 1.65. The summed E-state index contributed by atoms with van der Waals surface area (Å²) in [7, 11) is 0. The zero-order valence-corrected chi connectivity index (χ0v) is 13.5. The summed E-state index contributed by atoms with van der Waals surface area (Å²) in [6, 6.07) is 8.31. The van der Waals surface area contributed by atoms with Crippen LogP contribution in [-0.4, -0.2) is 30.5 Å². The van der Waals surface area contributed by atoms with Crippen molar-refractivity contribution in [3.63, 3.8) is 0 Å². The molecule has 1 fully saturated rings. The molecule has 0 unspecified atom stereocenters. The fourth-order valence-corrected chi connectivity index (χ4v) is 3.23. The minimum absolute atomic E-state index is 0.00184. The molecule has 2 heterocycles. The highest BCUT2D eigenvalue weighted by atomic mass is 16.5. The summed E-state index contributed by atoms with van der Waals surface area (Å²) in [5.74, 6) is 1.58. The van der Waals surface area contributed by atoms with Crippen LogP contribution in [0.3, 0.4) is 0 Å². The van der Waals surface area contributed by atoms with E-state index in [1.54, 1.807) is 18.2 Å². The van der Waals surface area contributed by atoms with Crippen molar-refractivity contribution in [1.29, 1.82) is 0 Å². The highest BCUT2D eigenvalue weighted by molar-refractivity contribution is 5.79. The molecule has 5 nitrogen and oxygen atoms in total. The molecule has 0 aliphatic carbocycles. The van der Waals surface area contributed by atoms with Gasteiger partial charge in [0.1, 0.15) is 11.3 Å². The fraction of sp³-hybridized carbons (Fsp3) is 0.444. The lowest BCUT2D eigenvalue weighted by Gasteiger charge is -2.34. The molecule has 1 aliphatic heterocycles. The molecular weight excluding hydrogens is 294 g/mol. The number of likely N-dealkylation sites (tertiary alicyclic amines) is 1. The smallest absolute Gasteiger partial charge is 0.336 e. The van der Waals surface area contributed by atoms with Gasteiger partial charge in [0.2, 0.25) is 0 Å². The third kappa shape index (κ3) is 3.73. The second-order valence-corrected chi connectivity index (χ2v) is 6.49. The normalized spacial score (nSPS) is 21.4. The van der Waals surface area contributed by atoms with Crippen molar-refractivity contribution in [3.8, 4) is 5.75 Å². The van der Waals surface area contributed by atoms with Gasteiger partial charge < -0.3 is 14.1 Å². The summed E-state index contributed by atoms with van der Waals surface area (Å²) in [6.07, 6.45) is 1.16. The van der Waals surface area contributed by atoms with E-state index in [0.717, 1.165) is 24.9 Å². The predicted octanol–water partition coefficient (Wildman–Crippen LogP) is 2.68. The lowest BCUT2D eigenvalue weighted by atomic mass is 9.92. The molecule has 0 bridgehead atoms. The van der Waals surface area contributed by atoms with E-state index in [1.807, 2.05) is 11.0 Å². The molecule has 1 amide bonds. The van der Waals surface area contributed by atoms with Crippen LogP contribution >= 0.6 is 0 Å². The molecule has 5 heteroatoms. The van der Waals surface area contributed by atoms with Crippen molar-refractivity contribution in [2.24, 2.45) is 11.8 Å². The molecule has 0 spiro atoms. The Morgan fingerprint density at radius 1 is 1.22 bits per heavy atom. The van der Waals surface area contributed by atoms with Crippen LogP contribution in [0.1, 0.15) is 20.3 Å². The Bertz CT molecular complexity index is 757. The van der Waals surface area contributed by atoms with E-state index < -0.39 is 5.63 Å². The van der Waals surface area contributed by atoms with Gasteiger partial charge in [0, 0.05) is 30.6 Å². The van der Waals surface area contributed by atoms with E-state index in [9.17, 15) is 9.59 Å². The third-order valence-electron chi connectivity index (χ3n) is 4.18. The van der Waals surface area contributed by atoms with Gasteiger partial charge in [-0.1, -0.05) is 13.8 Å². The van der Waals surface area contributed by atoms with Gasteiger partial charge in [-0.2, -0.15) is 0 Å². The molecule has 122 valence electrons. The standard InChI is InChI=1S/C18H21NO4/c1-12-7-13(2)10-19(9-12)17(20)11-22-15-5-3-14-4-6-18(21)23-16(14)8-15/h3-6,8,12-13H,7,9-11H2,1-2H3/t12-,13-/m1/s1. The number of fused-ring (bicyclic) bond motifs is 1. The molecule has 23 heavy (non-hydrogen) atoms. The topological polar surface area (TPSA) is 59.8 Å². The SMILES string of the molecule is C[C@@H]1C[C@@H](C)CN(C(=O)COc2ccc3ccc(=O)oc3c2)C1. The second kappa shape index (κ2) is 6.44. The number of carbonyl (C=O) groups excluding carboxylic acids is 1. The quantitative estimate of drug-likeness (QED) is 0.817. The van der Waals surface area contributed by atoms with Gasteiger partial charge in [0.15, 0.2) is 6.61 Å². The van der Waals surface area contributed by atoms with Gasteiger partial charge >= 0.3 is 5.63 Å². The molecule has 1 aromatic heterocycles. The zero-order chi connectivity index (χ0) is 16.4. The van der Waals surface area contributed by atoms with E-state index in [2.05, 4.69) is 13.8 Å². The zero-order valence-electron chi connectivity index (χ0n) is 13.5. The Morgan fingerprint density at radius 3 is 2.65 bits per heavy atom. The Labute approximate surface area is 134 Å². The predicted molar refractivity (Wildman–Crippen MR) is 87.5 cm³/mol. The highest BCUT2D eigenvalue weighted by Crippen LogP contribution is 2.22. The van der Waals surface area contributed by atoms with Crippen molar-refractivity contribution >= 4 is 16.9 Å². The van der Waals surface area contributed by atoms with Gasteiger partial charge in [-0.3, -0.25) is 4.79 Å². The Kier molecular flexibility index (Phi) is 4.37. The molecule has 2 atom stereocenters. The van der Waals surface area contributed by atoms with Crippen LogP contribution in [0.15, 0.2) is 39.5 Å². The van der Waals surface area contributed by atoms with Crippen LogP contribution in [0.25, 0.3) is 11.0 Å².